The van der Waals surface area contributed by atoms with E-state index in [9.17, 15) is 14.7 Å². The van der Waals surface area contributed by atoms with E-state index in [1.54, 1.807) is 42.5 Å². The van der Waals surface area contributed by atoms with Gasteiger partial charge in [0.25, 0.3) is 11.7 Å². The standard InChI is InChI=1S/C25H29NO6/c1-5-7-15-26-21(18-9-8-10-19(30-3)24(18)31-4)20(23(28)25(26)29)22(27)16-11-13-17(14-12-16)32-6-2/h8-14,21,27H,5-7,15H2,1-4H3/b22-20+. The molecular weight excluding hydrogens is 410 g/mol. The number of para-hydroxylation sites is 1. The van der Waals surface area contributed by atoms with Gasteiger partial charge < -0.3 is 24.2 Å². The van der Waals surface area contributed by atoms with Crippen LogP contribution in [0, 0.1) is 0 Å². The molecule has 2 aromatic carbocycles. The fourth-order valence-corrected chi connectivity index (χ4v) is 3.92. The van der Waals surface area contributed by atoms with Crippen molar-refractivity contribution in [3.8, 4) is 17.2 Å². The number of nitrogens with zero attached hydrogens (tertiary/aromatic N) is 1. The number of amides is 1. The summed E-state index contributed by atoms with van der Waals surface area (Å²) in [6.45, 7) is 4.79. The Hall–Kier alpha value is -3.48. The SMILES string of the molecule is CCCCN1C(=O)C(=O)/C(=C(/O)c2ccc(OCC)cc2)C1c1cccc(OC)c1OC. The van der Waals surface area contributed by atoms with E-state index in [1.165, 1.54) is 19.1 Å². The lowest BCUT2D eigenvalue weighted by Crippen LogP contribution is -2.30. The Kier molecular flexibility index (Phi) is 7.41. The predicted molar refractivity (Wildman–Crippen MR) is 121 cm³/mol. The molecule has 0 aliphatic carbocycles. The highest BCUT2D eigenvalue weighted by Gasteiger charge is 2.47. The van der Waals surface area contributed by atoms with E-state index in [1.807, 2.05) is 13.8 Å². The number of benzene rings is 2. The zero-order valence-corrected chi connectivity index (χ0v) is 18.9. The van der Waals surface area contributed by atoms with E-state index in [0.717, 1.165) is 12.8 Å². The quantitative estimate of drug-likeness (QED) is 0.356. The van der Waals surface area contributed by atoms with Gasteiger partial charge in [0.1, 0.15) is 11.5 Å². The molecule has 1 aliphatic heterocycles. The molecule has 0 bridgehead atoms. The van der Waals surface area contributed by atoms with Crippen LogP contribution in [0.1, 0.15) is 43.9 Å². The Labute approximate surface area is 188 Å². The van der Waals surface area contributed by atoms with Gasteiger partial charge in [0.05, 0.1) is 32.4 Å². The molecule has 0 radical (unpaired) electrons. The molecule has 1 saturated heterocycles. The highest BCUT2D eigenvalue weighted by molar-refractivity contribution is 6.46. The Morgan fingerprint density at radius 3 is 2.34 bits per heavy atom. The number of aliphatic hydroxyl groups excluding tert-OH is 1. The van der Waals surface area contributed by atoms with Crippen LogP contribution in [0.2, 0.25) is 0 Å². The molecule has 1 amide bonds. The zero-order chi connectivity index (χ0) is 23.3. The van der Waals surface area contributed by atoms with Gasteiger partial charge in [0, 0.05) is 17.7 Å². The third-order valence-electron chi connectivity index (χ3n) is 5.46. The Bertz CT molecular complexity index is 1010. The topological polar surface area (TPSA) is 85.3 Å². The fraction of sp³-hybridized carbons (Fsp3) is 0.360. The zero-order valence-electron chi connectivity index (χ0n) is 18.9. The molecule has 1 unspecified atom stereocenters. The maximum absolute atomic E-state index is 13.1. The van der Waals surface area contributed by atoms with Crippen LogP contribution < -0.4 is 14.2 Å². The number of ketones is 1. The second-order valence-corrected chi connectivity index (χ2v) is 7.39. The number of methoxy groups -OCH3 is 2. The first-order valence-electron chi connectivity index (χ1n) is 10.7. The van der Waals surface area contributed by atoms with Gasteiger partial charge in [-0.15, -0.1) is 0 Å². The average molecular weight is 440 g/mol. The Morgan fingerprint density at radius 2 is 1.75 bits per heavy atom. The van der Waals surface area contributed by atoms with Crippen LogP contribution in [0.15, 0.2) is 48.0 Å². The Morgan fingerprint density at radius 1 is 1.03 bits per heavy atom. The molecule has 1 atom stereocenters. The summed E-state index contributed by atoms with van der Waals surface area (Å²) in [4.78, 5) is 27.6. The first-order valence-corrected chi connectivity index (χ1v) is 10.7. The molecule has 0 saturated carbocycles. The number of ether oxygens (including phenoxy) is 3. The summed E-state index contributed by atoms with van der Waals surface area (Å²) >= 11 is 0. The molecular formula is C25H29NO6. The van der Waals surface area contributed by atoms with Gasteiger partial charge in [0.2, 0.25) is 0 Å². The summed E-state index contributed by atoms with van der Waals surface area (Å²) in [6.07, 6.45) is 1.57. The van der Waals surface area contributed by atoms with Crippen LogP contribution in [0.25, 0.3) is 5.76 Å². The number of hydrogen-bond acceptors (Lipinski definition) is 6. The largest absolute Gasteiger partial charge is 0.507 e. The van der Waals surface area contributed by atoms with Crippen molar-refractivity contribution in [1.82, 2.24) is 4.90 Å². The number of Topliss-reactive ketones (excluding diaryl/α,β-unsaturated/α-hetero) is 1. The van der Waals surface area contributed by atoms with E-state index in [4.69, 9.17) is 14.2 Å². The van der Waals surface area contributed by atoms with Crippen LogP contribution in [-0.2, 0) is 9.59 Å². The predicted octanol–water partition coefficient (Wildman–Crippen LogP) is 4.32. The van der Waals surface area contributed by atoms with E-state index < -0.39 is 17.7 Å². The van der Waals surface area contributed by atoms with E-state index in [0.29, 0.717) is 41.5 Å². The average Bonchev–Trinajstić information content (AvgIpc) is 3.06. The summed E-state index contributed by atoms with van der Waals surface area (Å²) in [6, 6.07) is 11.3. The molecule has 3 rings (SSSR count). The molecule has 32 heavy (non-hydrogen) atoms. The Balaban J connectivity index is 2.19. The number of hydrogen-bond donors (Lipinski definition) is 1. The number of rotatable bonds is 9. The van der Waals surface area contributed by atoms with Gasteiger partial charge in [-0.1, -0.05) is 25.5 Å². The highest BCUT2D eigenvalue weighted by atomic mass is 16.5. The third-order valence-corrected chi connectivity index (χ3v) is 5.46. The lowest BCUT2D eigenvalue weighted by molar-refractivity contribution is -0.139. The molecule has 7 nitrogen and oxygen atoms in total. The number of carbonyl (C=O) groups excluding carboxylic acids is 2. The summed E-state index contributed by atoms with van der Waals surface area (Å²) in [5, 5.41) is 11.2. The minimum atomic E-state index is -0.793. The fourth-order valence-electron chi connectivity index (χ4n) is 3.92. The minimum Gasteiger partial charge on any atom is -0.507 e. The molecule has 1 aliphatic rings. The van der Waals surface area contributed by atoms with Crippen LogP contribution in [0.5, 0.6) is 17.2 Å². The van der Waals surface area contributed by atoms with Crippen molar-refractivity contribution in [3.05, 3.63) is 59.2 Å². The van der Waals surface area contributed by atoms with Crippen LogP contribution in [-0.4, -0.2) is 49.1 Å². The summed E-state index contributed by atoms with van der Waals surface area (Å²) < 4.78 is 16.5. The molecule has 7 heteroatoms. The van der Waals surface area contributed by atoms with Crippen LogP contribution in [0.3, 0.4) is 0 Å². The van der Waals surface area contributed by atoms with E-state index in [-0.39, 0.29) is 11.3 Å². The maximum atomic E-state index is 13.1. The van der Waals surface area contributed by atoms with Gasteiger partial charge in [0.15, 0.2) is 11.5 Å². The molecule has 1 heterocycles. The van der Waals surface area contributed by atoms with Gasteiger partial charge >= 0.3 is 0 Å². The van der Waals surface area contributed by atoms with Crippen molar-refractivity contribution in [2.75, 3.05) is 27.4 Å². The van der Waals surface area contributed by atoms with Crippen LogP contribution in [0.4, 0.5) is 0 Å². The maximum Gasteiger partial charge on any atom is 0.295 e. The smallest absolute Gasteiger partial charge is 0.295 e. The second kappa shape index (κ2) is 10.2. The molecule has 170 valence electrons. The lowest BCUT2D eigenvalue weighted by Gasteiger charge is -2.27. The van der Waals surface area contributed by atoms with Crippen molar-refractivity contribution >= 4 is 17.4 Å². The van der Waals surface area contributed by atoms with Gasteiger partial charge in [-0.2, -0.15) is 0 Å². The first-order chi connectivity index (χ1) is 15.5. The van der Waals surface area contributed by atoms with Crippen molar-refractivity contribution in [1.29, 1.82) is 0 Å². The van der Waals surface area contributed by atoms with E-state index in [2.05, 4.69) is 0 Å². The van der Waals surface area contributed by atoms with Crippen molar-refractivity contribution < 1.29 is 28.9 Å². The number of likely N-dealkylation sites (tertiary alicyclic amines) is 1. The molecule has 1 N–H and O–H groups in total. The molecule has 1 fully saturated rings. The third kappa shape index (κ3) is 4.28. The van der Waals surface area contributed by atoms with Crippen molar-refractivity contribution in [2.45, 2.75) is 32.7 Å². The highest BCUT2D eigenvalue weighted by Crippen LogP contribution is 2.45. The molecule has 2 aromatic rings. The van der Waals surface area contributed by atoms with Crippen molar-refractivity contribution in [2.24, 2.45) is 0 Å². The first kappa shape index (κ1) is 23.2. The molecule has 0 aromatic heterocycles. The van der Waals surface area contributed by atoms with E-state index >= 15 is 0 Å². The van der Waals surface area contributed by atoms with Gasteiger partial charge in [-0.3, -0.25) is 9.59 Å². The van der Waals surface area contributed by atoms with Crippen LogP contribution >= 0.6 is 0 Å². The normalized spacial score (nSPS) is 17.5. The van der Waals surface area contributed by atoms with Gasteiger partial charge in [-0.25, -0.2) is 0 Å². The summed E-state index contributed by atoms with van der Waals surface area (Å²) in [7, 11) is 3.03. The monoisotopic (exact) mass is 439 g/mol. The second-order valence-electron chi connectivity index (χ2n) is 7.39. The number of aliphatic hydroxyl groups is 1. The molecule has 0 spiro atoms. The van der Waals surface area contributed by atoms with Gasteiger partial charge in [-0.05, 0) is 43.7 Å². The van der Waals surface area contributed by atoms with Crippen molar-refractivity contribution in [3.63, 3.8) is 0 Å². The lowest BCUT2D eigenvalue weighted by atomic mass is 9.94. The minimum absolute atomic E-state index is 0.0295. The summed E-state index contributed by atoms with van der Waals surface area (Å²) in [5.74, 6) is -0.0463. The summed E-state index contributed by atoms with van der Waals surface area (Å²) in [5.41, 5.74) is 1.03. The number of unbranched alkanes of at least 4 members (excludes halogenated alkanes) is 1. The number of carbonyl (C=O) groups is 2.